The molecule has 0 radical (unpaired) electrons. The Balaban J connectivity index is 2.10. The molecule has 0 spiro atoms. The molecule has 0 saturated carbocycles. The molecule has 0 aromatic heterocycles. The van der Waals surface area contributed by atoms with Crippen LogP contribution in [0.2, 0.25) is 0 Å². The number of hydrogen-bond donors (Lipinski definition) is 1. The molecule has 100 valence electrons. The van der Waals surface area contributed by atoms with E-state index in [0.717, 1.165) is 11.3 Å². The molecule has 0 aliphatic carbocycles. The van der Waals surface area contributed by atoms with Gasteiger partial charge in [0, 0.05) is 17.2 Å². The molecule has 0 saturated heterocycles. The molecule has 3 heteroatoms. The van der Waals surface area contributed by atoms with Gasteiger partial charge >= 0.3 is 0 Å². The monoisotopic (exact) mass is 275 g/mol. The molecule has 0 amide bonds. The van der Waals surface area contributed by atoms with Crippen molar-refractivity contribution < 1.29 is 4.39 Å². The van der Waals surface area contributed by atoms with Gasteiger partial charge in [0.1, 0.15) is 5.82 Å². The number of benzene rings is 2. The molecule has 0 bridgehead atoms. The van der Waals surface area contributed by atoms with Crippen molar-refractivity contribution in [2.75, 3.05) is 0 Å². The van der Waals surface area contributed by atoms with Gasteiger partial charge in [-0.1, -0.05) is 35.4 Å². The van der Waals surface area contributed by atoms with Crippen LogP contribution in [0.4, 0.5) is 4.39 Å². The summed E-state index contributed by atoms with van der Waals surface area (Å²) in [7, 11) is 0. The van der Waals surface area contributed by atoms with Gasteiger partial charge < -0.3 is 5.73 Å². The van der Waals surface area contributed by atoms with E-state index in [1.165, 1.54) is 34.5 Å². The lowest BCUT2D eigenvalue weighted by Crippen LogP contribution is -1.97. The maximum Gasteiger partial charge on any atom is 0.137 e. The number of halogens is 1. The molecule has 1 nitrogen and oxygen atoms in total. The SMILES string of the molecule is Cc1cc(C)cc(CSc2ccc(CN)cc2F)c1. The van der Waals surface area contributed by atoms with E-state index in [9.17, 15) is 4.39 Å². The third kappa shape index (κ3) is 3.82. The average Bonchev–Trinajstić information content (AvgIpc) is 2.36. The summed E-state index contributed by atoms with van der Waals surface area (Å²) in [6.45, 7) is 4.54. The minimum atomic E-state index is -0.183. The Bertz CT molecular complexity index is 561. The smallest absolute Gasteiger partial charge is 0.137 e. The second-order valence-electron chi connectivity index (χ2n) is 4.75. The van der Waals surface area contributed by atoms with Crippen molar-refractivity contribution in [2.45, 2.75) is 31.0 Å². The Labute approximate surface area is 118 Å². The van der Waals surface area contributed by atoms with E-state index in [1.54, 1.807) is 0 Å². The van der Waals surface area contributed by atoms with Gasteiger partial charge in [0.25, 0.3) is 0 Å². The molecule has 19 heavy (non-hydrogen) atoms. The van der Waals surface area contributed by atoms with E-state index in [2.05, 4.69) is 32.0 Å². The molecule has 2 aromatic rings. The van der Waals surface area contributed by atoms with Crippen molar-refractivity contribution in [1.29, 1.82) is 0 Å². The lowest BCUT2D eigenvalue weighted by Gasteiger charge is -2.07. The lowest BCUT2D eigenvalue weighted by atomic mass is 10.1. The van der Waals surface area contributed by atoms with Crippen LogP contribution in [-0.2, 0) is 12.3 Å². The number of aryl methyl sites for hydroxylation is 2. The quantitative estimate of drug-likeness (QED) is 0.847. The Morgan fingerprint density at radius 1 is 1.00 bits per heavy atom. The van der Waals surface area contributed by atoms with Gasteiger partial charge in [0.2, 0.25) is 0 Å². The number of hydrogen-bond acceptors (Lipinski definition) is 2. The summed E-state index contributed by atoms with van der Waals surface area (Å²) in [5, 5.41) is 0. The number of rotatable bonds is 4. The zero-order valence-electron chi connectivity index (χ0n) is 11.2. The molecule has 2 N–H and O–H groups in total. The van der Waals surface area contributed by atoms with E-state index < -0.39 is 0 Å². The third-order valence-corrected chi connectivity index (χ3v) is 4.03. The van der Waals surface area contributed by atoms with Gasteiger partial charge in [0.05, 0.1) is 0 Å². The highest BCUT2D eigenvalue weighted by atomic mass is 32.2. The zero-order valence-corrected chi connectivity index (χ0v) is 12.1. The summed E-state index contributed by atoms with van der Waals surface area (Å²) < 4.78 is 13.8. The highest BCUT2D eigenvalue weighted by Crippen LogP contribution is 2.26. The van der Waals surface area contributed by atoms with Crippen molar-refractivity contribution in [2.24, 2.45) is 5.73 Å². The fraction of sp³-hybridized carbons (Fsp3) is 0.250. The Morgan fingerprint density at radius 3 is 2.26 bits per heavy atom. The summed E-state index contributed by atoms with van der Waals surface area (Å²) in [6, 6.07) is 11.6. The van der Waals surface area contributed by atoms with Crippen LogP contribution in [0.25, 0.3) is 0 Å². The van der Waals surface area contributed by atoms with E-state index >= 15 is 0 Å². The van der Waals surface area contributed by atoms with Crippen molar-refractivity contribution in [3.8, 4) is 0 Å². The normalized spacial score (nSPS) is 10.7. The fourth-order valence-electron chi connectivity index (χ4n) is 2.10. The fourth-order valence-corrected chi connectivity index (χ4v) is 2.95. The number of thioether (sulfide) groups is 1. The molecular weight excluding hydrogens is 257 g/mol. The van der Waals surface area contributed by atoms with Crippen LogP contribution in [0.3, 0.4) is 0 Å². The maximum absolute atomic E-state index is 13.8. The summed E-state index contributed by atoms with van der Waals surface area (Å²) in [5.74, 6) is 0.596. The first kappa shape index (κ1) is 14.1. The zero-order chi connectivity index (χ0) is 13.8. The molecule has 0 heterocycles. The Kier molecular flexibility index (Phi) is 4.61. The molecule has 0 unspecified atom stereocenters. The Hall–Kier alpha value is -1.32. The molecule has 2 aromatic carbocycles. The largest absolute Gasteiger partial charge is 0.326 e. The van der Waals surface area contributed by atoms with Crippen LogP contribution in [-0.4, -0.2) is 0 Å². The maximum atomic E-state index is 13.8. The van der Waals surface area contributed by atoms with Crippen LogP contribution < -0.4 is 5.73 Å². The van der Waals surface area contributed by atoms with Crippen molar-refractivity contribution in [3.05, 3.63) is 64.5 Å². The first-order valence-electron chi connectivity index (χ1n) is 6.27. The minimum Gasteiger partial charge on any atom is -0.326 e. The van der Waals surface area contributed by atoms with E-state index in [-0.39, 0.29) is 5.82 Å². The van der Waals surface area contributed by atoms with Gasteiger partial charge in [-0.2, -0.15) is 0 Å². The second-order valence-corrected chi connectivity index (χ2v) is 5.77. The van der Waals surface area contributed by atoms with Crippen molar-refractivity contribution >= 4 is 11.8 Å². The van der Waals surface area contributed by atoms with Crippen LogP contribution in [0, 0.1) is 19.7 Å². The predicted octanol–water partition coefficient (Wildman–Crippen LogP) is 4.19. The topological polar surface area (TPSA) is 26.0 Å². The molecule has 2 rings (SSSR count). The van der Waals surface area contributed by atoms with E-state index in [4.69, 9.17) is 5.73 Å². The third-order valence-electron chi connectivity index (χ3n) is 2.91. The average molecular weight is 275 g/mol. The second kappa shape index (κ2) is 6.22. The number of nitrogens with two attached hydrogens (primary N) is 1. The highest BCUT2D eigenvalue weighted by molar-refractivity contribution is 7.98. The first-order chi connectivity index (χ1) is 9.08. The lowest BCUT2D eigenvalue weighted by molar-refractivity contribution is 0.599. The summed E-state index contributed by atoms with van der Waals surface area (Å²) >= 11 is 1.52. The summed E-state index contributed by atoms with van der Waals surface area (Å²) in [6.07, 6.45) is 0. The van der Waals surface area contributed by atoms with Crippen LogP contribution in [0.5, 0.6) is 0 Å². The summed E-state index contributed by atoms with van der Waals surface area (Å²) in [5.41, 5.74) is 10.0. The van der Waals surface area contributed by atoms with Gasteiger partial charge in [-0.15, -0.1) is 11.8 Å². The van der Waals surface area contributed by atoms with Gasteiger partial charge in [-0.3, -0.25) is 0 Å². The van der Waals surface area contributed by atoms with Crippen LogP contribution in [0.1, 0.15) is 22.3 Å². The van der Waals surface area contributed by atoms with E-state index in [0.29, 0.717) is 11.4 Å². The van der Waals surface area contributed by atoms with Gasteiger partial charge in [-0.05, 0) is 37.1 Å². The molecule has 0 aliphatic heterocycles. The highest BCUT2D eigenvalue weighted by Gasteiger charge is 2.05. The molecule has 0 aliphatic rings. The predicted molar refractivity (Wildman–Crippen MR) is 79.8 cm³/mol. The van der Waals surface area contributed by atoms with E-state index in [1.807, 2.05) is 12.1 Å². The van der Waals surface area contributed by atoms with Gasteiger partial charge in [0.15, 0.2) is 0 Å². The molecular formula is C16H18FNS. The molecule has 0 atom stereocenters. The minimum absolute atomic E-state index is 0.183. The summed E-state index contributed by atoms with van der Waals surface area (Å²) in [4.78, 5) is 0.677. The van der Waals surface area contributed by atoms with Crippen LogP contribution >= 0.6 is 11.8 Å². The van der Waals surface area contributed by atoms with Gasteiger partial charge in [-0.25, -0.2) is 4.39 Å². The first-order valence-corrected chi connectivity index (χ1v) is 7.25. The van der Waals surface area contributed by atoms with Crippen molar-refractivity contribution in [1.82, 2.24) is 0 Å². The van der Waals surface area contributed by atoms with Crippen molar-refractivity contribution in [3.63, 3.8) is 0 Å². The standard InChI is InChI=1S/C16H18FNS/c1-11-5-12(2)7-14(6-11)10-19-16-4-3-13(9-18)8-15(16)17/h3-8H,9-10,18H2,1-2H3. The van der Waals surface area contributed by atoms with Crippen LogP contribution in [0.15, 0.2) is 41.3 Å². The Morgan fingerprint density at radius 2 is 1.68 bits per heavy atom. The molecule has 0 fully saturated rings.